The lowest BCUT2D eigenvalue weighted by Gasteiger charge is -2.14. The Morgan fingerprint density at radius 3 is 2.10 bits per heavy atom. The van der Waals surface area contributed by atoms with Crippen molar-refractivity contribution >= 4 is 10.9 Å². The van der Waals surface area contributed by atoms with E-state index in [4.69, 9.17) is 0 Å². The second-order valence-corrected chi connectivity index (χ2v) is 6.50. The van der Waals surface area contributed by atoms with Gasteiger partial charge in [-0.1, -0.05) is 42.5 Å². The van der Waals surface area contributed by atoms with Gasteiger partial charge in [0, 0.05) is 28.3 Å². The molecule has 0 aliphatic heterocycles. The van der Waals surface area contributed by atoms with Gasteiger partial charge in [-0.2, -0.15) is 18.4 Å². The molecule has 148 valence electrons. The summed E-state index contributed by atoms with van der Waals surface area (Å²) in [6.45, 7) is 0. The van der Waals surface area contributed by atoms with Crippen LogP contribution in [0.5, 0.6) is 0 Å². The lowest BCUT2D eigenvalue weighted by Crippen LogP contribution is -2.08. The number of rotatable bonds is 2. The summed E-state index contributed by atoms with van der Waals surface area (Å²) in [5.41, 5.74) is -0.867. The fourth-order valence-corrected chi connectivity index (χ4v) is 3.40. The van der Waals surface area contributed by atoms with Crippen LogP contribution in [0.2, 0.25) is 0 Å². The normalized spacial score (nSPS) is 11.5. The summed E-state index contributed by atoms with van der Waals surface area (Å²) in [4.78, 5) is 3.74. The zero-order valence-electron chi connectivity index (χ0n) is 15.1. The van der Waals surface area contributed by atoms with Gasteiger partial charge in [-0.05, 0) is 23.8 Å². The highest BCUT2D eigenvalue weighted by atomic mass is 19.4. The van der Waals surface area contributed by atoms with Crippen LogP contribution in [0, 0.1) is 23.0 Å². The van der Waals surface area contributed by atoms with Crippen LogP contribution in [0.25, 0.3) is 33.2 Å². The number of halogens is 5. The first-order valence-electron chi connectivity index (χ1n) is 8.75. The predicted octanol–water partition coefficient (Wildman–Crippen LogP) is 6.74. The first kappa shape index (κ1) is 19.5. The summed E-state index contributed by atoms with van der Waals surface area (Å²) < 4.78 is 69.0. The maximum atomic E-state index is 15.5. The van der Waals surface area contributed by atoms with Gasteiger partial charge in [-0.15, -0.1) is 0 Å². The van der Waals surface area contributed by atoms with Crippen molar-refractivity contribution in [3.8, 4) is 28.3 Å². The molecule has 0 spiro atoms. The summed E-state index contributed by atoms with van der Waals surface area (Å²) in [7, 11) is 0. The maximum absolute atomic E-state index is 15.5. The molecule has 0 unspecified atom stereocenters. The van der Waals surface area contributed by atoms with Crippen LogP contribution in [0.4, 0.5) is 22.0 Å². The summed E-state index contributed by atoms with van der Waals surface area (Å²) in [6.07, 6.45) is -3.74. The molecule has 0 radical (unpaired) electrons. The molecule has 0 atom stereocenters. The number of pyridine rings is 1. The second-order valence-electron chi connectivity index (χ2n) is 6.50. The maximum Gasteiger partial charge on any atom is 0.419 e. The molecule has 7 heteroatoms. The van der Waals surface area contributed by atoms with Crippen LogP contribution in [0.3, 0.4) is 0 Å². The third-order valence-corrected chi connectivity index (χ3v) is 4.78. The average molecular weight is 410 g/mol. The Bertz CT molecular complexity index is 1320. The molecular formula is C23H11F5N2. The molecule has 0 N–H and O–H groups in total. The molecule has 2 nitrogen and oxygen atoms in total. The quantitative estimate of drug-likeness (QED) is 0.343. The van der Waals surface area contributed by atoms with Crippen LogP contribution in [0.1, 0.15) is 11.1 Å². The van der Waals surface area contributed by atoms with Crippen LogP contribution in [-0.4, -0.2) is 4.98 Å². The zero-order valence-corrected chi connectivity index (χ0v) is 15.1. The van der Waals surface area contributed by atoms with Crippen LogP contribution < -0.4 is 0 Å². The fourth-order valence-electron chi connectivity index (χ4n) is 3.40. The Labute approximate surface area is 167 Å². The molecule has 0 saturated carbocycles. The number of alkyl halides is 3. The Kier molecular flexibility index (Phi) is 4.70. The van der Waals surface area contributed by atoms with Crippen LogP contribution in [-0.2, 0) is 6.18 Å². The average Bonchev–Trinajstić information content (AvgIpc) is 2.73. The minimum Gasteiger partial charge on any atom is -0.253 e. The van der Waals surface area contributed by atoms with E-state index >= 15 is 4.39 Å². The van der Waals surface area contributed by atoms with E-state index in [1.54, 1.807) is 30.3 Å². The van der Waals surface area contributed by atoms with Gasteiger partial charge in [0.05, 0.1) is 17.2 Å². The molecule has 1 aromatic heterocycles. The third kappa shape index (κ3) is 3.16. The molecule has 4 aromatic rings. The SMILES string of the molecule is N#Cc1ccccc1-c1cccc(-c2ccnc3c(F)c(C(F)(F)F)ccc23)c1F. The summed E-state index contributed by atoms with van der Waals surface area (Å²) >= 11 is 0. The molecule has 30 heavy (non-hydrogen) atoms. The number of hydrogen-bond donors (Lipinski definition) is 0. The Hall–Kier alpha value is -3.79. The van der Waals surface area contributed by atoms with Crippen molar-refractivity contribution in [3.63, 3.8) is 0 Å². The van der Waals surface area contributed by atoms with Crippen molar-refractivity contribution in [1.29, 1.82) is 5.26 Å². The predicted molar refractivity (Wildman–Crippen MR) is 102 cm³/mol. The van der Waals surface area contributed by atoms with Gasteiger partial charge in [-0.3, -0.25) is 4.98 Å². The Balaban J connectivity index is 1.97. The smallest absolute Gasteiger partial charge is 0.253 e. The van der Waals surface area contributed by atoms with Crippen molar-refractivity contribution in [3.05, 3.63) is 89.6 Å². The Morgan fingerprint density at radius 2 is 1.40 bits per heavy atom. The van der Waals surface area contributed by atoms with Crippen molar-refractivity contribution in [2.75, 3.05) is 0 Å². The first-order valence-corrected chi connectivity index (χ1v) is 8.75. The van der Waals surface area contributed by atoms with Gasteiger partial charge in [0.2, 0.25) is 0 Å². The monoisotopic (exact) mass is 410 g/mol. The molecule has 0 aliphatic rings. The number of benzene rings is 3. The lowest BCUT2D eigenvalue weighted by atomic mass is 9.93. The topological polar surface area (TPSA) is 36.7 Å². The van der Waals surface area contributed by atoms with Gasteiger partial charge in [0.25, 0.3) is 0 Å². The number of hydrogen-bond acceptors (Lipinski definition) is 2. The largest absolute Gasteiger partial charge is 0.419 e. The third-order valence-electron chi connectivity index (χ3n) is 4.78. The number of fused-ring (bicyclic) bond motifs is 1. The van der Waals surface area contributed by atoms with Crippen molar-refractivity contribution in [2.45, 2.75) is 6.18 Å². The van der Waals surface area contributed by atoms with Crippen molar-refractivity contribution in [2.24, 2.45) is 0 Å². The van der Waals surface area contributed by atoms with E-state index in [1.165, 1.54) is 18.2 Å². The number of aromatic nitrogens is 1. The molecule has 4 rings (SSSR count). The van der Waals surface area contributed by atoms with Gasteiger partial charge in [0.15, 0.2) is 5.82 Å². The molecule has 1 heterocycles. The molecular weight excluding hydrogens is 399 g/mol. The van der Waals surface area contributed by atoms with E-state index in [-0.39, 0.29) is 27.6 Å². The van der Waals surface area contributed by atoms with E-state index in [0.29, 0.717) is 11.6 Å². The second kappa shape index (κ2) is 7.23. The minimum atomic E-state index is -4.87. The minimum absolute atomic E-state index is 0.0487. The lowest BCUT2D eigenvalue weighted by molar-refractivity contribution is -0.139. The van der Waals surface area contributed by atoms with Gasteiger partial charge in [-0.25, -0.2) is 8.78 Å². The van der Waals surface area contributed by atoms with E-state index < -0.39 is 28.9 Å². The van der Waals surface area contributed by atoms with E-state index in [2.05, 4.69) is 4.98 Å². The van der Waals surface area contributed by atoms with Gasteiger partial charge < -0.3 is 0 Å². The zero-order chi connectivity index (χ0) is 21.5. The van der Waals surface area contributed by atoms with Crippen molar-refractivity contribution in [1.82, 2.24) is 4.98 Å². The van der Waals surface area contributed by atoms with Crippen molar-refractivity contribution < 1.29 is 22.0 Å². The number of nitrogens with zero attached hydrogens (tertiary/aromatic N) is 2. The highest BCUT2D eigenvalue weighted by Gasteiger charge is 2.35. The standard InChI is InChI=1S/C23H11F5N2/c24-20-16(14-5-2-1-4-13(14)12-29)6-3-7-17(20)15-10-11-30-22-18(15)8-9-19(21(22)25)23(26,27)28/h1-11H. The number of nitriles is 1. The molecule has 0 fully saturated rings. The highest BCUT2D eigenvalue weighted by molar-refractivity contribution is 5.96. The fraction of sp³-hybridized carbons (Fsp3) is 0.0435. The molecule has 0 amide bonds. The van der Waals surface area contributed by atoms with Gasteiger partial charge in [0.1, 0.15) is 11.3 Å². The first-order chi connectivity index (χ1) is 14.3. The Morgan fingerprint density at radius 1 is 0.733 bits per heavy atom. The molecule has 3 aromatic carbocycles. The van der Waals surface area contributed by atoms with Crippen LogP contribution >= 0.6 is 0 Å². The van der Waals surface area contributed by atoms with E-state index in [0.717, 1.165) is 12.3 Å². The van der Waals surface area contributed by atoms with Gasteiger partial charge >= 0.3 is 6.18 Å². The molecule has 0 saturated heterocycles. The molecule has 0 bridgehead atoms. The summed E-state index contributed by atoms with van der Waals surface area (Å²) in [5.74, 6) is -2.18. The van der Waals surface area contributed by atoms with Crippen LogP contribution in [0.15, 0.2) is 66.9 Å². The summed E-state index contributed by atoms with van der Waals surface area (Å²) in [6, 6.07) is 16.1. The summed E-state index contributed by atoms with van der Waals surface area (Å²) in [5, 5.41) is 9.35. The van der Waals surface area contributed by atoms with E-state index in [9.17, 15) is 22.8 Å². The highest BCUT2D eigenvalue weighted by Crippen LogP contribution is 2.38. The molecule has 0 aliphatic carbocycles. The van der Waals surface area contributed by atoms with E-state index in [1.807, 2.05) is 6.07 Å².